The van der Waals surface area contributed by atoms with Crippen LogP contribution in [0.2, 0.25) is 0 Å². The second-order valence-electron chi connectivity index (χ2n) is 3.17. The van der Waals surface area contributed by atoms with Gasteiger partial charge in [0.15, 0.2) is 0 Å². The van der Waals surface area contributed by atoms with E-state index in [0.717, 1.165) is 15.5 Å². The van der Waals surface area contributed by atoms with Gasteiger partial charge in [0.2, 0.25) is 0 Å². The van der Waals surface area contributed by atoms with Gasteiger partial charge in [-0.15, -0.1) is 5.10 Å². The summed E-state index contributed by atoms with van der Waals surface area (Å²) in [5, 5.41) is 17.1. The minimum Gasteiger partial charge on any atom is -0.394 e. The first-order valence-electron chi connectivity index (χ1n) is 4.34. The summed E-state index contributed by atoms with van der Waals surface area (Å²) < 4.78 is 2.67. The van der Waals surface area contributed by atoms with E-state index < -0.39 is 0 Å². The Bertz CT molecular complexity index is 454. The highest BCUT2D eigenvalue weighted by molar-refractivity contribution is 9.10. The van der Waals surface area contributed by atoms with Gasteiger partial charge in [0, 0.05) is 4.47 Å². The topological polar surface area (TPSA) is 50.9 Å². The fourth-order valence-corrected chi connectivity index (χ4v) is 1.88. The molecule has 2 rings (SSSR count). The maximum absolute atomic E-state index is 9.05. The van der Waals surface area contributed by atoms with Crippen LogP contribution < -0.4 is 0 Å². The Hall–Kier alpha value is -0.940. The number of hydrogen-bond donors (Lipinski definition) is 1. The molecule has 1 aromatic heterocycles. The van der Waals surface area contributed by atoms with Crippen molar-refractivity contribution in [3.8, 4) is 0 Å². The van der Waals surface area contributed by atoms with E-state index in [2.05, 4.69) is 26.2 Å². The maximum Gasteiger partial charge on any atom is 0.114 e. The second kappa shape index (κ2) is 3.67. The maximum atomic E-state index is 9.05. The fourth-order valence-electron chi connectivity index (χ4n) is 1.34. The predicted octanol–water partition coefficient (Wildman–Crippen LogP) is 1.75. The minimum absolute atomic E-state index is 0.0554. The lowest BCUT2D eigenvalue weighted by Crippen LogP contribution is -2.10. The Kier molecular flexibility index (Phi) is 2.52. The first kappa shape index (κ1) is 9.61. The van der Waals surface area contributed by atoms with Gasteiger partial charge in [0.25, 0.3) is 0 Å². The summed E-state index contributed by atoms with van der Waals surface area (Å²) in [4.78, 5) is 0. The monoisotopic (exact) mass is 255 g/mol. The summed E-state index contributed by atoms with van der Waals surface area (Å²) in [5.41, 5.74) is 1.76. The predicted molar refractivity (Wildman–Crippen MR) is 57.0 cm³/mol. The van der Waals surface area contributed by atoms with Gasteiger partial charge in [0.05, 0.1) is 12.6 Å². The van der Waals surface area contributed by atoms with Crippen molar-refractivity contribution in [1.82, 2.24) is 15.0 Å². The zero-order valence-corrected chi connectivity index (χ0v) is 9.27. The Balaban J connectivity index is 2.67. The SMILES string of the molecule is CC(CO)n1nnc2cccc(Br)c21. The molecule has 0 amide bonds. The van der Waals surface area contributed by atoms with Gasteiger partial charge in [-0.2, -0.15) is 0 Å². The van der Waals surface area contributed by atoms with Crippen LogP contribution in [0.5, 0.6) is 0 Å². The lowest BCUT2D eigenvalue weighted by Gasteiger charge is -2.08. The summed E-state index contributed by atoms with van der Waals surface area (Å²) >= 11 is 3.44. The van der Waals surface area contributed by atoms with Crippen LogP contribution in [-0.4, -0.2) is 26.7 Å². The van der Waals surface area contributed by atoms with E-state index in [4.69, 9.17) is 5.11 Å². The van der Waals surface area contributed by atoms with Crippen molar-refractivity contribution < 1.29 is 5.11 Å². The van der Waals surface area contributed by atoms with Crippen LogP contribution in [0, 0.1) is 0 Å². The molecule has 0 bridgehead atoms. The van der Waals surface area contributed by atoms with Crippen molar-refractivity contribution in [2.75, 3.05) is 6.61 Å². The first-order chi connectivity index (χ1) is 6.74. The van der Waals surface area contributed by atoms with Gasteiger partial charge in [0.1, 0.15) is 11.0 Å². The minimum atomic E-state index is -0.0568. The average molecular weight is 256 g/mol. The molecule has 14 heavy (non-hydrogen) atoms. The lowest BCUT2D eigenvalue weighted by molar-refractivity contribution is 0.231. The van der Waals surface area contributed by atoms with Crippen molar-refractivity contribution in [3.63, 3.8) is 0 Å². The molecular weight excluding hydrogens is 246 g/mol. The van der Waals surface area contributed by atoms with E-state index in [1.54, 1.807) is 4.68 Å². The molecule has 1 N–H and O–H groups in total. The highest BCUT2D eigenvalue weighted by Gasteiger charge is 2.11. The smallest absolute Gasteiger partial charge is 0.114 e. The van der Waals surface area contributed by atoms with Crippen molar-refractivity contribution in [2.45, 2.75) is 13.0 Å². The van der Waals surface area contributed by atoms with Crippen molar-refractivity contribution in [3.05, 3.63) is 22.7 Å². The number of para-hydroxylation sites is 1. The number of benzene rings is 1. The van der Waals surface area contributed by atoms with Gasteiger partial charge in [-0.05, 0) is 35.0 Å². The summed E-state index contributed by atoms with van der Waals surface area (Å²) in [6.07, 6.45) is 0. The van der Waals surface area contributed by atoms with Crippen LogP contribution in [0.15, 0.2) is 22.7 Å². The van der Waals surface area contributed by atoms with Crippen LogP contribution in [0.1, 0.15) is 13.0 Å². The fraction of sp³-hybridized carbons (Fsp3) is 0.333. The molecule has 1 heterocycles. The van der Waals surface area contributed by atoms with Gasteiger partial charge in [-0.25, -0.2) is 4.68 Å². The molecular formula is C9H10BrN3O. The quantitative estimate of drug-likeness (QED) is 0.890. The third-order valence-corrected chi connectivity index (χ3v) is 2.77. The van der Waals surface area contributed by atoms with E-state index in [9.17, 15) is 0 Å². The largest absolute Gasteiger partial charge is 0.394 e. The summed E-state index contributed by atoms with van der Waals surface area (Å²) in [6.45, 7) is 1.95. The molecule has 0 fully saturated rings. The number of fused-ring (bicyclic) bond motifs is 1. The Morgan fingerprint density at radius 3 is 3.07 bits per heavy atom. The number of aliphatic hydroxyl groups excluding tert-OH is 1. The molecule has 0 saturated carbocycles. The summed E-state index contributed by atoms with van der Waals surface area (Å²) in [5.74, 6) is 0. The van der Waals surface area contributed by atoms with Gasteiger partial charge < -0.3 is 5.11 Å². The van der Waals surface area contributed by atoms with Crippen molar-refractivity contribution >= 4 is 27.0 Å². The van der Waals surface area contributed by atoms with E-state index in [1.165, 1.54) is 0 Å². The average Bonchev–Trinajstić information content (AvgIpc) is 2.62. The third kappa shape index (κ3) is 1.42. The molecule has 1 unspecified atom stereocenters. The number of rotatable bonds is 2. The van der Waals surface area contributed by atoms with Gasteiger partial charge in [-0.1, -0.05) is 11.3 Å². The third-order valence-electron chi connectivity index (χ3n) is 2.13. The van der Waals surface area contributed by atoms with Gasteiger partial charge in [-0.3, -0.25) is 0 Å². The highest BCUT2D eigenvalue weighted by Crippen LogP contribution is 2.23. The zero-order valence-electron chi connectivity index (χ0n) is 7.68. The molecule has 0 radical (unpaired) electrons. The van der Waals surface area contributed by atoms with E-state index in [0.29, 0.717) is 0 Å². The molecule has 4 nitrogen and oxygen atoms in total. The highest BCUT2D eigenvalue weighted by atomic mass is 79.9. The number of halogens is 1. The first-order valence-corrected chi connectivity index (χ1v) is 5.13. The second-order valence-corrected chi connectivity index (χ2v) is 4.03. The Morgan fingerprint density at radius 1 is 1.57 bits per heavy atom. The zero-order chi connectivity index (χ0) is 10.1. The lowest BCUT2D eigenvalue weighted by atomic mass is 10.3. The van der Waals surface area contributed by atoms with Crippen LogP contribution in [0.3, 0.4) is 0 Å². The molecule has 1 aromatic carbocycles. The van der Waals surface area contributed by atoms with Crippen LogP contribution in [-0.2, 0) is 0 Å². The van der Waals surface area contributed by atoms with Crippen molar-refractivity contribution in [2.24, 2.45) is 0 Å². The molecule has 0 aliphatic rings. The standard InChI is InChI=1S/C9H10BrN3O/c1-6(5-14)13-9-7(10)3-2-4-8(9)11-12-13/h2-4,6,14H,5H2,1H3. The molecule has 0 aliphatic heterocycles. The van der Waals surface area contributed by atoms with Crippen LogP contribution in [0.4, 0.5) is 0 Å². The number of nitrogens with zero attached hydrogens (tertiary/aromatic N) is 3. The Morgan fingerprint density at radius 2 is 2.36 bits per heavy atom. The molecule has 5 heteroatoms. The molecule has 0 spiro atoms. The van der Waals surface area contributed by atoms with Crippen LogP contribution in [0.25, 0.3) is 11.0 Å². The van der Waals surface area contributed by atoms with E-state index in [-0.39, 0.29) is 12.6 Å². The van der Waals surface area contributed by atoms with E-state index >= 15 is 0 Å². The Labute approximate surface area is 89.7 Å². The summed E-state index contributed by atoms with van der Waals surface area (Å²) in [6, 6.07) is 5.69. The van der Waals surface area contributed by atoms with Crippen molar-refractivity contribution in [1.29, 1.82) is 0 Å². The summed E-state index contributed by atoms with van der Waals surface area (Å²) in [7, 11) is 0. The molecule has 2 aromatic rings. The molecule has 0 saturated heterocycles. The number of hydrogen-bond acceptors (Lipinski definition) is 3. The number of aliphatic hydroxyl groups is 1. The molecule has 74 valence electrons. The molecule has 1 atom stereocenters. The number of aromatic nitrogens is 3. The van der Waals surface area contributed by atoms with E-state index in [1.807, 2.05) is 25.1 Å². The van der Waals surface area contributed by atoms with Crippen LogP contribution >= 0.6 is 15.9 Å². The normalized spacial score (nSPS) is 13.4. The van der Waals surface area contributed by atoms with Gasteiger partial charge >= 0.3 is 0 Å². The molecule has 0 aliphatic carbocycles.